The van der Waals surface area contributed by atoms with Crippen molar-refractivity contribution in [2.75, 3.05) is 30.7 Å². The highest BCUT2D eigenvalue weighted by Crippen LogP contribution is 2.22. The molecule has 5 nitrogen and oxygen atoms in total. The topological polar surface area (TPSA) is 76.4 Å². The van der Waals surface area contributed by atoms with Crippen molar-refractivity contribution in [3.8, 4) is 5.75 Å². The van der Waals surface area contributed by atoms with Gasteiger partial charge >= 0.3 is 0 Å². The Balaban J connectivity index is 2.48. The minimum atomic E-state index is 0.0429. The zero-order valence-corrected chi connectivity index (χ0v) is 11.7. The second kappa shape index (κ2) is 8.24. The molecule has 0 aliphatic rings. The summed E-state index contributed by atoms with van der Waals surface area (Å²) in [6.07, 6.45) is 1.39. The Kier molecular flexibility index (Phi) is 6.57. The fourth-order valence-corrected chi connectivity index (χ4v) is 1.63. The molecule has 0 saturated carbocycles. The van der Waals surface area contributed by atoms with Gasteiger partial charge in [0, 0.05) is 43.0 Å². The SMILES string of the molecule is CCCOc1cc(N)cc(NCCC(=O)NCC)c1. The van der Waals surface area contributed by atoms with Crippen LogP contribution in [-0.4, -0.2) is 25.6 Å². The van der Waals surface area contributed by atoms with Gasteiger partial charge in [-0.05, 0) is 19.4 Å². The van der Waals surface area contributed by atoms with Crippen molar-refractivity contribution in [3.05, 3.63) is 18.2 Å². The number of benzene rings is 1. The summed E-state index contributed by atoms with van der Waals surface area (Å²) < 4.78 is 5.54. The first-order valence-corrected chi connectivity index (χ1v) is 6.69. The summed E-state index contributed by atoms with van der Waals surface area (Å²) in [5.41, 5.74) is 7.33. The zero-order chi connectivity index (χ0) is 14.1. The lowest BCUT2D eigenvalue weighted by atomic mass is 10.2. The van der Waals surface area contributed by atoms with Crippen molar-refractivity contribution in [2.24, 2.45) is 0 Å². The summed E-state index contributed by atoms with van der Waals surface area (Å²) >= 11 is 0. The number of nitrogen functional groups attached to an aromatic ring is 1. The molecule has 0 heterocycles. The lowest BCUT2D eigenvalue weighted by molar-refractivity contribution is -0.120. The van der Waals surface area contributed by atoms with Gasteiger partial charge in [-0.25, -0.2) is 0 Å². The second-order valence-corrected chi connectivity index (χ2v) is 4.27. The van der Waals surface area contributed by atoms with Crippen LogP contribution in [0.5, 0.6) is 5.75 Å². The molecule has 0 bridgehead atoms. The molecule has 1 aromatic carbocycles. The van der Waals surface area contributed by atoms with Crippen LogP contribution in [0.25, 0.3) is 0 Å². The number of hydrogen-bond acceptors (Lipinski definition) is 4. The summed E-state index contributed by atoms with van der Waals surface area (Å²) in [5.74, 6) is 0.795. The van der Waals surface area contributed by atoms with Crippen LogP contribution in [0.1, 0.15) is 26.7 Å². The predicted molar refractivity (Wildman–Crippen MR) is 78.4 cm³/mol. The van der Waals surface area contributed by atoms with Crippen LogP contribution in [0, 0.1) is 0 Å². The van der Waals surface area contributed by atoms with Crippen molar-refractivity contribution in [3.63, 3.8) is 0 Å². The molecule has 5 heteroatoms. The van der Waals surface area contributed by atoms with E-state index >= 15 is 0 Å². The van der Waals surface area contributed by atoms with Crippen molar-refractivity contribution in [2.45, 2.75) is 26.7 Å². The van der Waals surface area contributed by atoms with Gasteiger partial charge in [-0.3, -0.25) is 4.79 Å². The third-order valence-electron chi connectivity index (χ3n) is 2.46. The molecular weight excluding hydrogens is 242 g/mol. The molecule has 1 amide bonds. The maximum atomic E-state index is 11.3. The molecule has 0 fully saturated rings. The van der Waals surface area contributed by atoms with Gasteiger partial charge in [0.1, 0.15) is 5.75 Å². The largest absolute Gasteiger partial charge is 0.493 e. The van der Waals surface area contributed by atoms with E-state index in [0.717, 1.165) is 17.9 Å². The Morgan fingerprint density at radius 1 is 1.32 bits per heavy atom. The lowest BCUT2D eigenvalue weighted by Gasteiger charge is -2.11. The normalized spacial score (nSPS) is 10.0. The Morgan fingerprint density at radius 2 is 2.11 bits per heavy atom. The molecular formula is C14H23N3O2. The highest BCUT2D eigenvalue weighted by molar-refractivity contribution is 5.76. The van der Waals surface area contributed by atoms with E-state index in [1.807, 2.05) is 19.1 Å². The lowest BCUT2D eigenvalue weighted by Crippen LogP contribution is -2.24. The van der Waals surface area contributed by atoms with E-state index in [2.05, 4.69) is 17.6 Å². The van der Waals surface area contributed by atoms with Crippen molar-refractivity contribution >= 4 is 17.3 Å². The van der Waals surface area contributed by atoms with Crippen molar-refractivity contribution in [1.82, 2.24) is 5.32 Å². The van der Waals surface area contributed by atoms with Gasteiger partial charge in [0.05, 0.1) is 6.61 Å². The van der Waals surface area contributed by atoms with Crippen LogP contribution in [0.4, 0.5) is 11.4 Å². The first-order valence-electron chi connectivity index (χ1n) is 6.69. The van der Waals surface area contributed by atoms with Gasteiger partial charge < -0.3 is 21.1 Å². The molecule has 106 valence electrons. The molecule has 4 N–H and O–H groups in total. The number of anilines is 2. The molecule has 0 saturated heterocycles. The Morgan fingerprint density at radius 3 is 2.79 bits per heavy atom. The quantitative estimate of drug-likeness (QED) is 0.628. The molecule has 1 aromatic rings. The van der Waals surface area contributed by atoms with E-state index in [9.17, 15) is 4.79 Å². The van der Waals surface area contributed by atoms with E-state index in [1.54, 1.807) is 6.07 Å². The summed E-state index contributed by atoms with van der Waals surface area (Å²) in [5, 5.41) is 5.92. The third kappa shape index (κ3) is 5.99. The number of nitrogens with two attached hydrogens (primary N) is 1. The number of amides is 1. The first kappa shape index (κ1) is 15.1. The van der Waals surface area contributed by atoms with Gasteiger partial charge in [0.25, 0.3) is 0 Å². The summed E-state index contributed by atoms with van der Waals surface area (Å²) in [7, 11) is 0. The van der Waals surface area contributed by atoms with Crippen LogP contribution in [0.15, 0.2) is 18.2 Å². The molecule has 0 aliphatic heterocycles. The number of ether oxygens (including phenoxy) is 1. The minimum Gasteiger partial charge on any atom is -0.493 e. The van der Waals surface area contributed by atoms with Crippen molar-refractivity contribution < 1.29 is 9.53 Å². The molecule has 0 aromatic heterocycles. The van der Waals surface area contributed by atoms with E-state index < -0.39 is 0 Å². The average Bonchev–Trinajstić information content (AvgIpc) is 2.36. The van der Waals surface area contributed by atoms with E-state index in [1.165, 1.54) is 0 Å². The summed E-state index contributed by atoms with van der Waals surface area (Å²) in [6, 6.07) is 5.52. The van der Waals surface area contributed by atoms with E-state index in [4.69, 9.17) is 10.5 Å². The maximum Gasteiger partial charge on any atom is 0.221 e. The number of carbonyl (C=O) groups is 1. The van der Waals surface area contributed by atoms with Crippen LogP contribution >= 0.6 is 0 Å². The van der Waals surface area contributed by atoms with Crippen LogP contribution in [0.3, 0.4) is 0 Å². The molecule has 1 rings (SSSR count). The van der Waals surface area contributed by atoms with Gasteiger partial charge in [0.15, 0.2) is 0 Å². The smallest absolute Gasteiger partial charge is 0.221 e. The second-order valence-electron chi connectivity index (χ2n) is 4.27. The molecule has 0 atom stereocenters. The molecule has 0 aliphatic carbocycles. The monoisotopic (exact) mass is 265 g/mol. The van der Waals surface area contributed by atoms with Gasteiger partial charge in [0.2, 0.25) is 5.91 Å². The van der Waals surface area contributed by atoms with Crippen molar-refractivity contribution in [1.29, 1.82) is 0 Å². The molecule has 0 unspecified atom stereocenters. The van der Waals surface area contributed by atoms with E-state index in [-0.39, 0.29) is 5.91 Å². The highest BCUT2D eigenvalue weighted by atomic mass is 16.5. The molecule has 0 radical (unpaired) electrons. The highest BCUT2D eigenvalue weighted by Gasteiger charge is 2.02. The van der Waals surface area contributed by atoms with Crippen LogP contribution in [-0.2, 0) is 4.79 Å². The minimum absolute atomic E-state index is 0.0429. The number of rotatable bonds is 8. The summed E-state index contributed by atoms with van der Waals surface area (Å²) in [4.78, 5) is 11.3. The van der Waals surface area contributed by atoms with Gasteiger partial charge in [-0.2, -0.15) is 0 Å². The van der Waals surface area contributed by atoms with Gasteiger partial charge in [-0.15, -0.1) is 0 Å². The Bertz CT molecular complexity index is 408. The summed E-state index contributed by atoms with van der Waals surface area (Å²) in [6.45, 7) is 5.86. The van der Waals surface area contributed by atoms with Crippen LogP contribution in [0.2, 0.25) is 0 Å². The Labute approximate surface area is 114 Å². The third-order valence-corrected chi connectivity index (χ3v) is 2.46. The predicted octanol–water partition coefficient (Wildman–Crippen LogP) is 2.00. The zero-order valence-electron chi connectivity index (χ0n) is 11.7. The number of hydrogen-bond donors (Lipinski definition) is 3. The average molecular weight is 265 g/mol. The maximum absolute atomic E-state index is 11.3. The molecule has 19 heavy (non-hydrogen) atoms. The fourth-order valence-electron chi connectivity index (χ4n) is 1.63. The van der Waals surface area contributed by atoms with Gasteiger partial charge in [-0.1, -0.05) is 6.92 Å². The Hall–Kier alpha value is -1.91. The first-order chi connectivity index (χ1) is 9.15. The number of carbonyl (C=O) groups excluding carboxylic acids is 1. The molecule has 0 spiro atoms. The number of nitrogens with one attached hydrogen (secondary N) is 2. The van der Waals surface area contributed by atoms with Crippen LogP contribution < -0.4 is 21.1 Å². The van der Waals surface area contributed by atoms with E-state index in [0.29, 0.717) is 31.8 Å². The fraction of sp³-hybridized carbons (Fsp3) is 0.500. The standard InChI is InChI=1S/C14H23N3O2/c1-3-7-19-13-9-11(15)8-12(10-13)17-6-5-14(18)16-4-2/h8-10,17H,3-7,15H2,1-2H3,(H,16,18).